The summed E-state index contributed by atoms with van der Waals surface area (Å²) in [5.74, 6) is -0.320. The van der Waals surface area contributed by atoms with E-state index in [0.717, 1.165) is 38.6 Å². The number of carbonyl (C=O) groups excluding carboxylic acids is 1. The van der Waals surface area contributed by atoms with Crippen LogP contribution >= 0.6 is 0 Å². The van der Waals surface area contributed by atoms with Crippen LogP contribution in [0.4, 0.5) is 0 Å². The van der Waals surface area contributed by atoms with E-state index >= 15 is 0 Å². The fourth-order valence-electron chi connectivity index (χ4n) is 3.92. The zero-order valence-electron chi connectivity index (χ0n) is 15.4. The molecule has 0 aliphatic carbocycles. The van der Waals surface area contributed by atoms with Crippen molar-refractivity contribution in [3.05, 3.63) is 84.6 Å². The number of hydrogen-bond donors (Lipinski definition) is 0. The first-order valence-corrected chi connectivity index (χ1v) is 9.33. The molecule has 0 atom stereocenters. The molecule has 0 bridgehead atoms. The second-order valence-corrected chi connectivity index (χ2v) is 6.63. The first kappa shape index (κ1) is 16.5. The molecule has 0 saturated heterocycles. The molecule has 0 aliphatic heterocycles. The topological polar surface area (TPSA) is 43.6 Å². The molecule has 0 amide bonds. The number of aromatic nitrogens is 2. The predicted molar refractivity (Wildman–Crippen MR) is 112 cm³/mol. The van der Waals surface area contributed by atoms with Crippen LogP contribution in [0.3, 0.4) is 0 Å². The zero-order valence-corrected chi connectivity index (χ0v) is 15.4. The summed E-state index contributed by atoms with van der Waals surface area (Å²) in [7, 11) is 0. The standard InChI is InChI=1S/C24H18N2O2/c1-2-28-24(27)22-20-15-17-11-8-14-25-23(17)26(20)19-13-7-6-12-18(19)21(22)16-9-4-3-5-10-16/h3-15H,2H2,1H3. The van der Waals surface area contributed by atoms with E-state index in [1.165, 1.54) is 0 Å². The molecule has 4 nitrogen and oxygen atoms in total. The fraction of sp³-hybridized carbons (Fsp3) is 0.0833. The van der Waals surface area contributed by atoms with Gasteiger partial charge < -0.3 is 4.74 Å². The van der Waals surface area contributed by atoms with E-state index in [1.54, 1.807) is 6.20 Å². The van der Waals surface area contributed by atoms with Gasteiger partial charge in [-0.2, -0.15) is 0 Å². The minimum absolute atomic E-state index is 0.320. The molecular weight excluding hydrogens is 348 g/mol. The van der Waals surface area contributed by atoms with Crippen molar-refractivity contribution in [3.63, 3.8) is 0 Å². The quantitative estimate of drug-likeness (QED) is 0.397. The van der Waals surface area contributed by atoms with Crippen LogP contribution in [-0.2, 0) is 4.74 Å². The lowest BCUT2D eigenvalue weighted by Crippen LogP contribution is -2.10. The lowest BCUT2D eigenvalue weighted by atomic mass is 9.95. The van der Waals surface area contributed by atoms with Crippen LogP contribution in [0.25, 0.3) is 38.6 Å². The minimum Gasteiger partial charge on any atom is -0.462 e. The summed E-state index contributed by atoms with van der Waals surface area (Å²) in [5, 5.41) is 1.98. The van der Waals surface area contributed by atoms with Crippen LogP contribution in [-0.4, -0.2) is 22.0 Å². The van der Waals surface area contributed by atoms with Crippen molar-refractivity contribution < 1.29 is 9.53 Å². The van der Waals surface area contributed by atoms with E-state index in [1.807, 2.05) is 67.6 Å². The van der Waals surface area contributed by atoms with Gasteiger partial charge in [-0.15, -0.1) is 0 Å². The lowest BCUT2D eigenvalue weighted by Gasteiger charge is -2.16. The maximum absolute atomic E-state index is 13.1. The van der Waals surface area contributed by atoms with Gasteiger partial charge in [0.05, 0.1) is 23.2 Å². The number of ether oxygens (including phenoxy) is 1. The SMILES string of the molecule is CCOC(=O)c1c(-c2ccccc2)c2ccccc2n2c1cc1cccnc12. The Morgan fingerprint density at radius 1 is 0.964 bits per heavy atom. The third-order valence-corrected chi connectivity index (χ3v) is 5.02. The molecule has 0 aliphatic rings. The van der Waals surface area contributed by atoms with Gasteiger partial charge in [0, 0.05) is 22.5 Å². The van der Waals surface area contributed by atoms with Crippen molar-refractivity contribution in [2.45, 2.75) is 6.92 Å². The predicted octanol–water partition coefficient (Wildman–Crippen LogP) is 5.48. The third-order valence-electron chi connectivity index (χ3n) is 5.02. The van der Waals surface area contributed by atoms with Gasteiger partial charge in [0.2, 0.25) is 0 Å². The highest BCUT2D eigenvalue weighted by molar-refractivity contribution is 6.14. The van der Waals surface area contributed by atoms with Crippen LogP contribution in [0, 0.1) is 0 Å². The molecule has 3 aromatic heterocycles. The van der Waals surface area contributed by atoms with Crippen molar-refractivity contribution in [3.8, 4) is 11.1 Å². The second kappa shape index (κ2) is 6.50. The summed E-state index contributed by atoms with van der Waals surface area (Å²) in [6, 6.07) is 24.1. The van der Waals surface area contributed by atoms with Crippen LogP contribution < -0.4 is 0 Å². The van der Waals surface area contributed by atoms with Gasteiger partial charge in [0.25, 0.3) is 0 Å². The molecule has 0 saturated carbocycles. The Bertz CT molecular complexity index is 1340. The summed E-state index contributed by atoms with van der Waals surface area (Å²) in [5.41, 5.74) is 5.11. The van der Waals surface area contributed by atoms with E-state index in [4.69, 9.17) is 4.74 Å². The Hall–Kier alpha value is -3.66. The highest BCUT2D eigenvalue weighted by Gasteiger charge is 2.24. The van der Waals surface area contributed by atoms with Crippen molar-refractivity contribution in [1.29, 1.82) is 0 Å². The van der Waals surface area contributed by atoms with Gasteiger partial charge in [-0.25, -0.2) is 9.78 Å². The molecule has 0 fully saturated rings. The maximum Gasteiger partial charge on any atom is 0.340 e. The molecule has 28 heavy (non-hydrogen) atoms. The molecular formula is C24H18N2O2. The number of carbonyl (C=O) groups is 1. The van der Waals surface area contributed by atoms with Gasteiger partial charge in [-0.1, -0.05) is 48.5 Å². The average Bonchev–Trinajstić information content (AvgIpc) is 3.13. The van der Waals surface area contributed by atoms with E-state index in [9.17, 15) is 4.79 Å². The van der Waals surface area contributed by atoms with E-state index in [-0.39, 0.29) is 5.97 Å². The first-order chi connectivity index (χ1) is 13.8. The van der Waals surface area contributed by atoms with E-state index in [0.29, 0.717) is 12.2 Å². The number of rotatable bonds is 3. The van der Waals surface area contributed by atoms with Gasteiger partial charge in [-0.3, -0.25) is 4.40 Å². The molecule has 0 N–H and O–H groups in total. The molecule has 0 spiro atoms. The Balaban J connectivity index is 2.06. The van der Waals surface area contributed by atoms with E-state index < -0.39 is 0 Å². The fourth-order valence-corrected chi connectivity index (χ4v) is 3.92. The third kappa shape index (κ3) is 2.38. The molecule has 2 aromatic carbocycles. The Morgan fingerprint density at radius 3 is 2.57 bits per heavy atom. The molecule has 5 aromatic rings. The Labute approximate surface area is 162 Å². The minimum atomic E-state index is -0.320. The lowest BCUT2D eigenvalue weighted by molar-refractivity contribution is 0.0529. The van der Waals surface area contributed by atoms with Gasteiger partial charge in [0.15, 0.2) is 0 Å². The number of benzene rings is 2. The molecule has 0 unspecified atom stereocenters. The van der Waals surface area contributed by atoms with Crippen molar-refractivity contribution in [2.75, 3.05) is 6.61 Å². The van der Waals surface area contributed by atoms with Crippen molar-refractivity contribution >= 4 is 33.4 Å². The Morgan fingerprint density at radius 2 is 1.75 bits per heavy atom. The zero-order chi connectivity index (χ0) is 19.1. The summed E-state index contributed by atoms with van der Waals surface area (Å²) in [6.07, 6.45) is 1.78. The van der Waals surface area contributed by atoms with Crippen LogP contribution in [0.2, 0.25) is 0 Å². The number of esters is 1. The molecule has 136 valence electrons. The molecule has 5 rings (SSSR count). The van der Waals surface area contributed by atoms with Crippen LogP contribution in [0.1, 0.15) is 17.3 Å². The number of nitrogens with zero attached hydrogens (tertiary/aromatic N) is 2. The normalized spacial score (nSPS) is 11.3. The summed E-state index contributed by atoms with van der Waals surface area (Å²) < 4.78 is 7.53. The highest BCUT2D eigenvalue weighted by Crippen LogP contribution is 2.37. The first-order valence-electron chi connectivity index (χ1n) is 9.33. The summed E-state index contributed by atoms with van der Waals surface area (Å²) in [6.45, 7) is 2.15. The van der Waals surface area contributed by atoms with Crippen LogP contribution in [0.5, 0.6) is 0 Å². The average molecular weight is 366 g/mol. The van der Waals surface area contributed by atoms with Gasteiger partial charge >= 0.3 is 5.97 Å². The largest absolute Gasteiger partial charge is 0.462 e. The summed E-state index contributed by atoms with van der Waals surface area (Å²) >= 11 is 0. The monoisotopic (exact) mass is 366 g/mol. The van der Waals surface area contributed by atoms with Gasteiger partial charge in [0.1, 0.15) is 5.65 Å². The second-order valence-electron chi connectivity index (χ2n) is 6.63. The number of fused-ring (bicyclic) bond motifs is 5. The number of hydrogen-bond acceptors (Lipinski definition) is 3. The van der Waals surface area contributed by atoms with Crippen molar-refractivity contribution in [1.82, 2.24) is 9.38 Å². The molecule has 0 radical (unpaired) electrons. The highest BCUT2D eigenvalue weighted by atomic mass is 16.5. The summed E-state index contributed by atoms with van der Waals surface area (Å²) in [4.78, 5) is 17.7. The van der Waals surface area contributed by atoms with Crippen molar-refractivity contribution in [2.24, 2.45) is 0 Å². The van der Waals surface area contributed by atoms with Gasteiger partial charge in [-0.05, 0) is 36.8 Å². The van der Waals surface area contributed by atoms with Crippen LogP contribution in [0.15, 0.2) is 79.0 Å². The number of para-hydroxylation sites is 1. The molecule has 4 heteroatoms. The Kier molecular flexibility index (Phi) is 3.83. The molecule has 3 heterocycles. The smallest absolute Gasteiger partial charge is 0.340 e. The van der Waals surface area contributed by atoms with E-state index in [2.05, 4.69) is 21.5 Å². The maximum atomic E-state index is 13.1. The number of pyridine rings is 2.